The summed E-state index contributed by atoms with van der Waals surface area (Å²) in [6, 6.07) is 5.40. The van der Waals surface area contributed by atoms with Gasteiger partial charge in [0.05, 0.1) is 6.61 Å². The molecular weight excluding hydrogens is 148 g/mol. The number of aliphatic hydroxyl groups excluding tert-OH is 1. The zero-order valence-electron chi connectivity index (χ0n) is 5.47. The third kappa shape index (κ3) is 1.31. The summed E-state index contributed by atoms with van der Waals surface area (Å²) >= 11 is 5.77. The Labute approximate surface area is 65.3 Å². The van der Waals surface area contributed by atoms with Crippen LogP contribution in [0.3, 0.4) is 0 Å². The normalized spacial score (nSPS) is 9.90. The molecule has 0 bridgehead atoms. The predicted octanol–water partition coefficient (Wildman–Crippen LogP) is 2.01. The lowest BCUT2D eigenvalue weighted by Gasteiger charge is -2.01. The van der Waals surface area contributed by atoms with Crippen molar-refractivity contribution in [3.63, 3.8) is 0 Å². The van der Waals surface area contributed by atoms with E-state index >= 15 is 0 Å². The van der Waals surface area contributed by atoms with E-state index in [-0.39, 0.29) is 6.61 Å². The van der Waals surface area contributed by atoms with Gasteiger partial charge in [0.25, 0.3) is 0 Å². The molecule has 0 aromatic heterocycles. The van der Waals surface area contributed by atoms with Gasteiger partial charge in [-0.05, 0) is 18.1 Å². The molecule has 2 heteroatoms. The lowest BCUT2D eigenvalue weighted by Crippen LogP contribution is -1.85. The fraction of sp³-hybridized carbons (Fsp3) is 0.125. The topological polar surface area (TPSA) is 20.2 Å². The molecule has 0 saturated carbocycles. The number of halogens is 1. The Bertz CT molecular complexity index is 233. The molecule has 0 unspecified atom stereocenters. The summed E-state index contributed by atoms with van der Waals surface area (Å²) in [7, 11) is 0. The molecule has 10 heavy (non-hydrogen) atoms. The van der Waals surface area contributed by atoms with Gasteiger partial charge in [-0.3, -0.25) is 0 Å². The molecular formula is C8H8ClO. The van der Waals surface area contributed by atoms with Crippen molar-refractivity contribution in [1.82, 2.24) is 0 Å². The Balaban J connectivity index is 3.14. The van der Waals surface area contributed by atoms with Gasteiger partial charge in [-0.1, -0.05) is 29.8 Å². The van der Waals surface area contributed by atoms with Crippen LogP contribution in [0, 0.1) is 6.92 Å². The molecule has 0 aliphatic heterocycles. The first kappa shape index (κ1) is 7.58. The zero-order valence-corrected chi connectivity index (χ0v) is 6.23. The average molecular weight is 156 g/mol. The van der Waals surface area contributed by atoms with E-state index in [4.69, 9.17) is 16.7 Å². The highest BCUT2D eigenvalue weighted by atomic mass is 35.5. The Morgan fingerprint density at radius 3 is 2.70 bits per heavy atom. The van der Waals surface area contributed by atoms with Crippen molar-refractivity contribution in [2.45, 2.75) is 6.61 Å². The van der Waals surface area contributed by atoms with E-state index < -0.39 is 0 Å². The smallest absolute Gasteiger partial charge is 0.0696 e. The maximum atomic E-state index is 8.73. The van der Waals surface area contributed by atoms with E-state index in [0.717, 1.165) is 11.1 Å². The SMILES string of the molecule is [CH2]c1cccc(CO)c1Cl. The van der Waals surface area contributed by atoms with Crippen LogP contribution in [0.25, 0.3) is 0 Å². The van der Waals surface area contributed by atoms with Crippen LogP contribution in [0.4, 0.5) is 0 Å². The lowest BCUT2D eigenvalue weighted by atomic mass is 10.1. The van der Waals surface area contributed by atoms with Crippen LogP contribution in [0.2, 0.25) is 5.02 Å². The second-order valence-electron chi connectivity index (χ2n) is 2.05. The monoisotopic (exact) mass is 155 g/mol. The van der Waals surface area contributed by atoms with Crippen LogP contribution in [0.5, 0.6) is 0 Å². The van der Waals surface area contributed by atoms with Crippen molar-refractivity contribution in [2.24, 2.45) is 0 Å². The Hall–Kier alpha value is -0.530. The molecule has 1 rings (SSSR count). The van der Waals surface area contributed by atoms with Crippen molar-refractivity contribution in [1.29, 1.82) is 0 Å². The standard InChI is InChI=1S/C8H8ClO/c1-6-3-2-4-7(5-10)8(6)9/h2-4,10H,1,5H2. The Kier molecular flexibility index (Phi) is 2.30. The van der Waals surface area contributed by atoms with Crippen LogP contribution in [-0.4, -0.2) is 5.11 Å². The summed E-state index contributed by atoms with van der Waals surface area (Å²) in [6.45, 7) is 3.66. The molecule has 1 nitrogen and oxygen atoms in total. The van der Waals surface area contributed by atoms with Crippen molar-refractivity contribution in [3.05, 3.63) is 41.3 Å². The minimum Gasteiger partial charge on any atom is -0.392 e. The molecule has 1 radical (unpaired) electrons. The van der Waals surface area contributed by atoms with Crippen LogP contribution < -0.4 is 0 Å². The first-order valence-corrected chi connectivity index (χ1v) is 3.33. The highest BCUT2D eigenvalue weighted by Gasteiger charge is 1.99. The molecule has 0 spiro atoms. The van der Waals surface area contributed by atoms with Gasteiger partial charge in [0.15, 0.2) is 0 Å². The van der Waals surface area contributed by atoms with Crippen molar-refractivity contribution < 1.29 is 5.11 Å². The predicted molar refractivity (Wildman–Crippen MR) is 41.8 cm³/mol. The quantitative estimate of drug-likeness (QED) is 0.658. The first-order valence-electron chi connectivity index (χ1n) is 2.96. The lowest BCUT2D eigenvalue weighted by molar-refractivity contribution is 0.282. The fourth-order valence-electron chi connectivity index (χ4n) is 0.755. The highest BCUT2D eigenvalue weighted by molar-refractivity contribution is 6.32. The van der Waals surface area contributed by atoms with Gasteiger partial charge in [-0.15, -0.1) is 0 Å². The summed E-state index contributed by atoms with van der Waals surface area (Å²) in [5.41, 5.74) is 1.49. The number of benzene rings is 1. The average Bonchev–Trinajstić information content (AvgIpc) is 1.95. The van der Waals surface area contributed by atoms with E-state index in [2.05, 4.69) is 6.92 Å². The van der Waals surface area contributed by atoms with E-state index in [1.807, 2.05) is 12.1 Å². The van der Waals surface area contributed by atoms with E-state index in [9.17, 15) is 0 Å². The molecule has 0 atom stereocenters. The maximum absolute atomic E-state index is 8.73. The van der Waals surface area contributed by atoms with Crippen molar-refractivity contribution >= 4 is 11.6 Å². The van der Waals surface area contributed by atoms with E-state index in [1.54, 1.807) is 6.07 Å². The minimum absolute atomic E-state index is 0.0256. The molecule has 0 amide bonds. The molecule has 0 aliphatic carbocycles. The summed E-state index contributed by atoms with van der Waals surface area (Å²) in [4.78, 5) is 0. The third-order valence-corrected chi connectivity index (χ3v) is 1.81. The van der Waals surface area contributed by atoms with E-state index in [1.165, 1.54) is 0 Å². The number of rotatable bonds is 1. The Morgan fingerprint density at radius 1 is 1.50 bits per heavy atom. The minimum atomic E-state index is -0.0256. The molecule has 1 aromatic carbocycles. The van der Waals surface area contributed by atoms with Gasteiger partial charge in [-0.2, -0.15) is 0 Å². The van der Waals surface area contributed by atoms with Crippen LogP contribution >= 0.6 is 11.6 Å². The molecule has 0 heterocycles. The molecule has 0 fully saturated rings. The number of hydrogen-bond donors (Lipinski definition) is 1. The van der Waals surface area contributed by atoms with Crippen molar-refractivity contribution in [2.75, 3.05) is 0 Å². The summed E-state index contributed by atoms with van der Waals surface area (Å²) in [6.07, 6.45) is 0. The third-order valence-electron chi connectivity index (χ3n) is 1.33. The van der Waals surface area contributed by atoms with E-state index in [0.29, 0.717) is 5.02 Å². The summed E-state index contributed by atoms with van der Waals surface area (Å²) in [5.74, 6) is 0. The zero-order chi connectivity index (χ0) is 7.56. The van der Waals surface area contributed by atoms with Crippen LogP contribution in [0.15, 0.2) is 18.2 Å². The molecule has 0 saturated heterocycles. The van der Waals surface area contributed by atoms with Crippen molar-refractivity contribution in [3.8, 4) is 0 Å². The Morgan fingerprint density at radius 2 is 2.20 bits per heavy atom. The van der Waals surface area contributed by atoms with Gasteiger partial charge in [0.1, 0.15) is 0 Å². The van der Waals surface area contributed by atoms with Gasteiger partial charge in [0.2, 0.25) is 0 Å². The largest absolute Gasteiger partial charge is 0.392 e. The first-order chi connectivity index (χ1) is 4.75. The van der Waals surface area contributed by atoms with Gasteiger partial charge in [-0.25, -0.2) is 0 Å². The summed E-state index contributed by atoms with van der Waals surface area (Å²) < 4.78 is 0. The number of aliphatic hydroxyl groups is 1. The van der Waals surface area contributed by atoms with Crippen LogP contribution in [-0.2, 0) is 6.61 Å². The number of hydrogen-bond acceptors (Lipinski definition) is 1. The highest BCUT2D eigenvalue weighted by Crippen LogP contribution is 2.19. The fourth-order valence-corrected chi connectivity index (χ4v) is 0.941. The van der Waals surface area contributed by atoms with Gasteiger partial charge < -0.3 is 5.11 Å². The second kappa shape index (κ2) is 3.04. The molecule has 53 valence electrons. The molecule has 1 aromatic rings. The molecule has 0 aliphatic rings. The van der Waals surface area contributed by atoms with Gasteiger partial charge in [0, 0.05) is 5.02 Å². The summed E-state index contributed by atoms with van der Waals surface area (Å²) in [5, 5.41) is 9.29. The van der Waals surface area contributed by atoms with Crippen LogP contribution in [0.1, 0.15) is 11.1 Å². The maximum Gasteiger partial charge on any atom is 0.0696 e. The van der Waals surface area contributed by atoms with Gasteiger partial charge >= 0.3 is 0 Å². The molecule has 1 N–H and O–H groups in total. The second-order valence-corrected chi connectivity index (χ2v) is 2.43.